The highest BCUT2D eigenvalue weighted by atomic mass is 16.4. The lowest BCUT2D eigenvalue weighted by atomic mass is 10.0. The van der Waals surface area contributed by atoms with Gasteiger partial charge in [0.2, 0.25) is 0 Å². The van der Waals surface area contributed by atoms with Crippen molar-refractivity contribution in [2.75, 3.05) is 0 Å². The maximum atomic E-state index is 10.5. The molecule has 0 amide bonds. The zero-order valence-corrected chi connectivity index (χ0v) is 8.94. The molecule has 15 heavy (non-hydrogen) atoms. The van der Waals surface area contributed by atoms with Crippen LogP contribution in [0.25, 0.3) is 5.57 Å². The predicted molar refractivity (Wildman–Crippen MR) is 61.6 cm³/mol. The molecule has 0 aliphatic heterocycles. The summed E-state index contributed by atoms with van der Waals surface area (Å²) < 4.78 is 0. The Balaban J connectivity index is 2.75. The van der Waals surface area contributed by atoms with Crippen LogP contribution in [0.1, 0.15) is 31.7 Å². The highest BCUT2D eigenvalue weighted by Crippen LogP contribution is 2.20. The number of hydrogen-bond acceptors (Lipinski definition) is 1. The van der Waals surface area contributed by atoms with Gasteiger partial charge in [-0.1, -0.05) is 43.3 Å². The van der Waals surface area contributed by atoms with Crippen molar-refractivity contribution in [3.05, 3.63) is 42.0 Å². The fourth-order valence-electron chi connectivity index (χ4n) is 1.50. The van der Waals surface area contributed by atoms with Crippen LogP contribution < -0.4 is 0 Å². The van der Waals surface area contributed by atoms with E-state index in [9.17, 15) is 4.79 Å². The van der Waals surface area contributed by atoms with Crippen LogP contribution in [0.2, 0.25) is 0 Å². The second-order valence-corrected chi connectivity index (χ2v) is 3.40. The van der Waals surface area contributed by atoms with Crippen molar-refractivity contribution in [1.82, 2.24) is 0 Å². The van der Waals surface area contributed by atoms with Crippen molar-refractivity contribution in [1.29, 1.82) is 0 Å². The number of rotatable bonds is 5. The van der Waals surface area contributed by atoms with Crippen LogP contribution in [0.3, 0.4) is 0 Å². The van der Waals surface area contributed by atoms with Crippen molar-refractivity contribution >= 4 is 11.5 Å². The molecule has 2 nitrogen and oxygen atoms in total. The van der Waals surface area contributed by atoms with E-state index in [-0.39, 0.29) is 6.42 Å². The van der Waals surface area contributed by atoms with Gasteiger partial charge in [-0.15, -0.1) is 0 Å². The number of carbonyl (C=O) groups is 1. The summed E-state index contributed by atoms with van der Waals surface area (Å²) in [5.74, 6) is -0.743. The first kappa shape index (κ1) is 11.5. The van der Waals surface area contributed by atoms with Gasteiger partial charge in [0.15, 0.2) is 0 Å². The van der Waals surface area contributed by atoms with Gasteiger partial charge in [-0.2, -0.15) is 0 Å². The van der Waals surface area contributed by atoms with Crippen LogP contribution in [0.15, 0.2) is 36.4 Å². The van der Waals surface area contributed by atoms with Crippen LogP contribution in [-0.2, 0) is 4.79 Å². The standard InChI is InChI=1S/C13H16O2/c1-2-6-11(9-10-13(14)15)12-7-4-3-5-8-12/h3-8H,2,9-10H2,1H3,(H,14,15)/b11-6-. The number of benzene rings is 1. The van der Waals surface area contributed by atoms with E-state index in [1.165, 1.54) is 0 Å². The van der Waals surface area contributed by atoms with Crippen LogP contribution in [0.5, 0.6) is 0 Å². The summed E-state index contributed by atoms with van der Waals surface area (Å²) in [6, 6.07) is 9.94. The Morgan fingerprint density at radius 2 is 1.93 bits per heavy atom. The molecule has 0 saturated carbocycles. The van der Waals surface area contributed by atoms with E-state index in [2.05, 4.69) is 13.0 Å². The minimum Gasteiger partial charge on any atom is -0.481 e. The van der Waals surface area contributed by atoms with E-state index in [0.29, 0.717) is 6.42 Å². The summed E-state index contributed by atoms with van der Waals surface area (Å²) in [4.78, 5) is 10.5. The second-order valence-electron chi connectivity index (χ2n) is 3.40. The van der Waals surface area contributed by atoms with Gasteiger partial charge in [0, 0.05) is 6.42 Å². The van der Waals surface area contributed by atoms with Crippen LogP contribution in [0, 0.1) is 0 Å². The molecule has 0 spiro atoms. The SMILES string of the molecule is CC/C=C(/CCC(=O)O)c1ccccc1. The molecule has 1 N–H and O–H groups in total. The number of allylic oxidation sites excluding steroid dienone is 2. The zero-order chi connectivity index (χ0) is 11.1. The Morgan fingerprint density at radius 3 is 2.47 bits per heavy atom. The van der Waals surface area contributed by atoms with Crippen molar-refractivity contribution in [3.63, 3.8) is 0 Å². The second kappa shape index (κ2) is 6.02. The summed E-state index contributed by atoms with van der Waals surface area (Å²) in [5, 5.41) is 8.65. The van der Waals surface area contributed by atoms with Gasteiger partial charge >= 0.3 is 5.97 Å². The zero-order valence-electron chi connectivity index (χ0n) is 8.94. The van der Waals surface area contributed by atoms with Gasteiger partial charge in [0.05, 0.1) is 0 Å². The lowest BCUT2D eigenvalue weighted by Crippen LogP contribution is -1.95. The summed E-state index contributed by atoms with van der Waals surface area (Å²) in [6.07, 6.45) is 3.83. The van der Waals surface area contributed by atoms with E-state index in [1.54, 1.807) is 0 Å². The summed E-state index contributed by atoms with van der Waals surface area (Å²) in [7, 11) is 0. The van der Waals surface area contributed by atoms with Crippen LogP contribution >= 0.6 is 0 Å². The van der Waals surface area contributed by atoms with E-state index in [0.717, 1.165) is 17.6 Å². The third-order valence-corrected chi connectivity index (χ3v) is 2.20. The topological polar surface area (TPSA) is 37.3 Å². The molecule has 0 aromatic heterocycles. The molecule has 0 bridgehead atoms. The molecule has 0 fully saturated rings. The van der Waals surface area contributed by atoms with E-state index >= 15 is 0 Å². The molecule has 0 aliphatic carbocycles. The molecular weight excluding hydrogens is 188 g/mol. The Morgan fingerprint density at radius 1 is 1.27 bits per heavy atom. The molecule has 0 saturated heterocycles. The highest BCUT2D eigenvalue weighted by Gasteiger charge is 2.03. The van der Waals surface area contributed by atoms with Crippen molar-refractivity contribution < 1.29 is 9.90 Å². The monoisotopic (exact) mass is 204 g/mol. The Hall–Kier alpha value is -1.57. The van der Waals surface area contributed by atoms with E-state index in [1.807, 2.05) is 30.3 Å². The van der Waals surface area contributed by atoms with Gasteiger partial charge in [-0.25, -0.2) is 0 Å². The molecule has 1 rings (SSSR count). The molecule has 1 aromatic rings. The summed E-state index contributed by atoms with van der Waals surface area (Å²) >= 11 is 0. The highest BCUT2D eigenvalue weighted by molar-refractivity contribution is 5.72. The number of carboxylic acids is 1. The maximum Gasteiger partial charge on any atom is 0.303 e. The fraction of sp³-hybridized carbons (Fsp3) is 0.308. The first-order valence-corrected chi connectivity index (χ1v) is 5.20. The fourth-order valence-corrected chi connectivity index (χ4v) is 1.50. The molecule has 0 aliphatic rings. The van der Waals surface area contributed by atoms with Gasteiger partial charge in [-0.05, 0) is 24.0 Å². The van der Waals surface area contributed by atoms with E-state index in [4.69, 9.17) is 5.11 Å². The Labute approximate surface area is 90.3 Å². The van der Waals surface area contributed by atoms with Gasteiger partial charge in [0.25, 0.3) is 0 Å². The van der Waals surface area contributed by atoms with Gasteiger partial charge in [0.1, 0.15) is 0 Å². The summed E-state index contributed by atoms with van der Waals surface area (Å²) in [6.45, 7) is 2.06. The maximum absolute atomic E-state index is 10.5. The van der Waals surface area contributed by atoms with Crippen molar-refractivity contribution in [3.8, 4) is 0 Å². The molecule has 0 atom stereocenters. The average molecular weight is 204 g/mol. The Kier molecular flexibility index (Phi) is 4.61. The third-order valence-electron chi connectivity index (χ3n) is 2.20. The molecule has 80 valence electrons. The largest absolute Gasteiger partial charge is 0.481 e. The number of hydrogen-bond donors (Lipinski definition) is 1. The molecule has 0 radical (unpaired) electrons. The molecule has 0 heterocycles. The molecular formula is C13H16O2. The first-order chi connectivity index (χ1) is 7.24. The smallest absolute Gasteiger partial charge is 0.303 e. The first-order valence-electron chi connectivity index (χ1n) is 5.20. The van der Waals surface area contributed by atoms with Crippen molar-refractivity contribution in [2.24, 2.45) is 0 Å². The van der Waals surface area contributed by atoms with Gasteiger partial charge in [-0.3, -0.25) is 4.79 Å². The van der Waals surface area contributed by atoms with Gasteiger partial charge < -0.3 is 5.11 Å². The quantitative estimate of drug-likeness (QED) is 0.798. The summed E-state index contributed by atoms with van der Waals surface area (Å²) in [5.41, 5.74) is 2.25. The number of carboxylic acid groups (broad SMARTS) is 1. The molecule has 2 heteroatoms. The van der Waals surface area contributed by atoms with E-state index < -0.39 is 5.97 Å². The normalized spacial score (nSPS) is 11.4. The molecule has 0 unspecified atom stereocenters. The Bertz CT molecular complexity index is 339. The lowest BCUT2D eigenvalue weighted by Gasteiger charge is -2.05. The predicted octanol–water partition coefficient (Wildman–Crippen LogP) is 3.34. The lowest BCUT2D eigenvalue weighted by molar-refractivity contribution is -0.136. The molecule has 1 aromatic carbocycles. The van der Waals surface area contributed by atoms with Crippen LogP contribution in [0.4, 0.5) is 0 Å². The average Bonchev–Trinajstić information content (AvgIpc) is 2.25. The van der Waals surface area contributed by atoms with Crippen LogP contribution in [-0.4, -0.2) is 11.1 Å². The number of aliphatic carboxylic acids is 1. The minimum atomic E-state index is -0.743. The minimum absolute atomic E-state index is 0.195. The third kappa shape index (κ3) is 3.98. The van der Waals surface area contributed by atoms with Crippen molar-refractivity contribution in [2.45, 2.75) is 26.2 Å².